The van der Waals surface area contributed by atoms with Crippen LogP contribution < -0.4 is 0 Å². The highest BCUT2D eigenvalue weighted by atomic mass is 32.2. The van der Waals surface area contributed by atoms with Crippen LogP contribution in [-0.4, -0.2) is 24.0 Å². The fourth-order valence-corrected chi connectivity index (χ4v) is 4.08. The molecule has 0 unspecified atom stereocenters. The number of hydrogen-bond acceptors (Lipinski definition) is 3. The van der Waals surface area contributed by atoms with E-state index in [4.69, 9.17) is 0 Å². The van der Waals surface area contributed by atoms with Gasteiger partial charge in [-0.15, -0.1) is 0 Å². The third-order valence-corrected chi connectivity index (χ3v) is 5.51. The molecule has 3 aromatic rings. The van der Waals surface area contributed by atoms with Crippen LogP contribution in [0.5, 0.6) is 5.75 Å². The maximum absolute atomic E-state index is 13.2. The standard InChI is InChI=1S/C17H14F3NO3S/c1-9-7-10(2)14(13(22)8-9)15-16(25(23,24)17(18,19)20)11-5-3-4-6-12(11)21-15/h3-8,21-22H,1-2H3. The molecule has 0 saturated carbocycles. The Labute approximate surface area is 141 Å². The zero-order chi connectivity index (χ0) is 18.6. The summed E-state index contributed by atoms with van der Waals surface area (Å²) < 4.78 is 64.0. The van der Waals surface area contributed by atoms with Crippen LogP contribution in [0, 0.1) is 13.8 Å². The third kappa shape index (κ3) is 2.66. The van der Waals surface area contributed by atoms with Gasteiger partial charge in [-0.2, -0.15) is 13.2 Å². The fraction of sp³-hybridized carbons (Fsp3) is 0.176. The number of benzene rings is 2. The second-order valence-corrected chi connectivity index (χ2v) is 7.68. The van der Waals surface area contributed by atoms with Crippen molar-refractivity contribution in [1.82, 2.24) is 4.98 Å². The van der Waals surface area contributed by atoms with Gasteiger partial charge in [0.15, 0.2) is 0 Å². The van der Waals surface area contributed by atoms with Crippen LogP contribution >= 0.6 is 0 Å². The molecule has 0 radical (unpaired) electrons. The van der Waals surface area contributed by atoms with E-state index in [1.807, 2.05) is 0 Å². The summed E-state index contributed by atoms with van der Waals surface area (Å²) in [5, 5.41) is 10.2. The van der Waals surface area contributed by atoms with Crippen LogP contribution in [0.1, 0.15) is 11.1 Å². The molecule has 8 heteroatoms. The molecule has 4 nitrogen and oxygen atoms in total. The molecular weight excluding hydrogens is 355 g/mol. The van der Waals surface area contributed by atoms with Crippen molar-refractivity contribution in [3.05, 3.63) is 47.5 Å². The summed E-state index contributed by atoms with van der Waals surface area (Å²) in [6, 6.07) is 8.84. The Morgan fingerprint density at radius 3 is 2.32 bits per heavy atom. The number of sulfone groups is 1. The second kappa shape index (κ2) is 5.52. The van der Waals surface area contributed by atoms with Crippen molar-refractivity contribution in [2.75, 3.05) is 0 Å². The second-order valence-electron chi connectivity index (χ2n) is 5.80. The van der Waals surface area contributed by atoms with E-state index in [0.717, 1.165) is 0 Å². The Morgan fingerprint density at radius 1 is 1.08 bits per heavy atom. The Hall–Kier alpha value is -2.48. The van der Waals surface area contributed by atoms with Crippen molar-refractivity contribution >= 4 is 20.7 Å². The number of phenols is 1. The molecule has 0 saturated heterocycles. The highest BCUT2D eigenvalue weighted by molar-refractivity contribution is 7.92. The van der Waals surface area contributed by atoms with E-state index in [1.54, 1.807) is 26.0 Å². The third-order valence-electron chi connectivity index (χ3n) is 3.94. The van der Waals surface area contributed by atoms with Gasteiger partial charge in [0, 0.05) is 16.5 Å². The van der Waals surface area contributed by atoms with E-state index in [0.29, 0.717) is 11.1 Å². The number of rotatable bonds is 2. The molecule has 0 aliphatic heterocycles. The zero-order valence-corrected chi connectivity index (χ0v) is 14.1. The normalized spacial score (nSPS) is 12.7. The lowest BCUT2D eigenvalue weighted by Crippen LogP contribution is -2.23. The van der Waals surface area contributed by atoms with Crippen molar-refractivity contribution in [3.63, 3.8) is 0 Å². The van der Waals surface area contributed by atoms with E-state index in [9.17, 15) is 26.7 Å². The largest absolute Gasteiger partial charge is 0.507 e. The van der Waals surface area contributed by atoms with Gasteiger partial charge in [-0.05, 0) is 37.1 Å². The molecule has 2 N–H and O–H groups in total. The van der Waals surface area contributed by atoms with Gasteiger partial charge in [0.2, 0.25) is 0 Å². The number of nitrogens with one attached hydrogen (secondary N) is 1. The number of aromatic nitrogens is 1. The molecule has 0 bridgehead atoms. The summed E-state index contributed by atoms with van der Waals surface area (Å²) in [7, 11) is -5.62. The molecule has 0 spiro atoms. The number of aromatic amines is 1. The van der Waals surface area contributed by atoms with Gasteiger partial charge in [0.1, 0.15) is 10.6 Å². The van der Waals surface area contributed by atoms with Gasteiger partial charge in [0.05, 0.1) is 5.69 Å². The lowest BCUT2D eigenvalue weighted by atomic mass is 10.0. The lowest BCUT2D eigenvalue weighted by Gasteiger charge is -2.13. The van der Waals surface area contributed by atoms with Crippen LogP contribution in [0.25, 0.3) is 22.2 Å². The summed E-state index contributed by atoms with van der Waals surface area (Å²) in [5.74, 6) is -0.289. The number of alkyl halides is 3. The molecule has 0 aliphatic carbocycles. The summed E-state index contributed by atoms with van der Waals surface area (Å²) >= 11 is 0. The van der Waals surface area contributed by atoms with Crippen LogP contribution in [0.2, 0.25) is 0 Å². The minimum absolute atomic E-state index is 0.0321. The first-order valence-electron chi connectivity index (χ1n) is 7.26. The summed E-state index contributed by atoms with van der Waals surface area (Å²) in [6.07, 6.45) is 0. The van der Waals surface area contributed by atoms with E-state index < -0.39 is 20.2 Å². The molecule has 0 atom stereocenters. The smallest absolute Gasteiger partial charge is 0.502 e. The molecule has 3 rings (SSSR count). The number of aryl methyl sites for hydroxylation is 2. The number of H-pyrrole nitrogens is 1. The molecule has 1 aromatic heterocycles. The maximum Gasteiger partial charge on any atom is 0.502 e. The number of hydrogen-bond donors (Lipinski definition) is 2. The number of para-hydroxylation sites is 1. The van der Waals surface area contributed by atoms with Crippen molar-refractivity contribution < 1.29 is 26.7 Å². The molecule has 1 heterocycles. The number of fused-ring (bicyclic) bond motifs is 1. The van der Waals surface area contributed by atoms with Gasteiger partial charge < -0.3 is 10.1 Å². The number of halogens is 3. The monoisotopic (exact) mass is 369 g/mol. The van der Waals surface area contributed by atoms with Crippen molar-refractivity contribution in [1.29, 1.82) is 0 Å². The summed E-state index contributed by atoms with van der Waals surface area (Å²) in [4.78, 5) is 1.84. The minimum atomic E-state index is -5.62. The van der Waals surface area contributed by atoms with E-state index >= 15 is 0 Å². The predicted octanol–water partition coefficient (Wildman–Crippen LogP) is 4.45. The molecular formula is C17H14F3NO3S. The van der Waals surface area contributed by atoms with E-state index in [-0.39, 0.29) is 27.9 Å². The Balaban J connectivity index is 2.49. The molecule has 2 aromatic carbocycles. The predicted molar refractivity (Wildman–Crippen MR) is 88.1 cm³/mol. The summed E-state index contributed by atoms with van der Waals surface area (Å²) in [5.41, 5.74) is -4.29. The van der Waals surface area contributed by atoms with Crippen LogP contribution in [0.4, 0.5) is 13.2 Å². The fourth-order valence-electron chi connectivity index (χ4n) is 2.96. The lowest BCUT2D eigenvalue weighted by molar-refractivity contribution is -0.0435. The topological polar surface area (TPSA) is 70.2 Å². The molecule has 0 aliphatic rings. The first kappa shape index (κ1) is 17.3. The maximum atomic E-state index is 13.2. The molecule has 0 fully saturated rings. The van der Waals surface area contributed by atoms with Crippen molar-refractivity contribution in [2.45, 2.75) is 24.3 Å². The SMILES string of the molecule is Cc1cc(C)c(-c2[nH]c3ccccc3c2S(=O)(=O)C(F)(F)F)c(O)c1. The van der Waals surface area contributed by atoms with Crippen LogP contribution in [0.3, 0.4) is 0 Å². The Morgan fingerprint density at radius 2 is 1.72 bits per heavy atom. The zero-order valence-electron chi connectivity index (χ0n) is 13.3. The first-order chi connectivity index (χ1) is 11.5. The average Bonchev–Trinajstić information content (AvgIpc) is 2.84. The van der Waals surface area contributed by atoms with Crippen LogP contribution in [-0.2, 0) is 9.84 Å². The van der Waals surface area contributed by atoms with Crippen molar-refractivity contribution in [2.24, 2.45) is 0 Å². The number of aromatic hydroxyl groups is 1. The van der Waals surface area contributed by atoms with Gasteiger partial charge >= 0.3 is 5.51 Å². The highest BCUT2D eigenvalue weighted by Crippen LogP contribution is 2.44. The number of phenolic OH excluding ortho intramolecular Hbond substituents is 1. The van der Waals surface area contributed by atoms with Crippen LogP contribution in [0.15, 0.2) is 41.3 Å². The van der Waals surface area contributed by atoms with Gasteiger partial charge in [-0.3, -0.25) is 0 Å². The minimum Gasteiger partial charge on any atom is -0.507 e. The molecule has 0 amide bonds. The molecule has 25 heavy (non-hydrogen) atoms. The Kier molecular flexibility index (Phi) is 3.83. The van der Waals surface area contributed by atoms with Gasteiger partial charge in [-0.1, -0.05) is 24.3 Å². The highest BCUT2D eigenvalue weighted by Gasteiger charge is 2.49. The van der Waals surface area contributed by atoms with Gasteiger partial charge in [0.25, 0.3) is 9.84 Å². The first-order valence-corrected chi connectivity index (χ1v) is 8.75. The van der Waals surface area contributed by atoms with Gasteiger partial charge in [-0.25, -0.2) is 8.42 Å². The quantitative estimate of drug-likeness (QED) is 0.701. The average molecular weight is 369 g/mol. The van der Waals surface area contributed by atoms with Crippen molar-refractivity contribution in [3.8, 4) is 17.0 Å². The summed E-state index contributed by atoms with van der Waals surface area (Å²) in [6.45, 7) is 3.31. The molecule has 132 valence electrons. The van der Waals surface area contributed by atoms with E-state index in [1.165, 1.54) is 24.3 Å². The Bertz CT molecular complexity index is 1060. The van der Waals surface area contributed by atoms with E-state index in [2.05, 4.69) is 4.98 Å².